The lowest BCUT2D eigenvalue weighted by atomic mass is 9.48. The topological polar surface area (TPSA) is 32.7 Å². The highest BCUT2D eigenvalue weighted by atomic mass is 16.5. The molecule has 3 heteroatoms. The van der Waals surface area contributed by atoms with E-state index < -0.39 is 0 Å². The maximum atomic E-state index is 11.1. The fourth-order valence-corrected chi connectivity index (χ4v) is 6.46. The van der Waals surface area contributed by atoms with Crippen molar-refractivity contribution < 1.29 is 9.84 Å². The molecule has 5 rings (SSSR count). The van der Waals surface area contributed by atoms with Crippen LogP contribution in [-0.2, 0) is 4.74 Å². The van der Waals surface area contributed by atoms with E-state index in [0.29, 0.717) is 12.2 Å². The van der Waals surface area contributed by atoms with Crippen LogP contribution in [-0.4, -0.2) is 48.0 Å². The number of aliphatic hydroxyl groups excluding tert-OH is 1. The van der Waals surface area contributed by atoms with Crippen molar-refractivity contribution in [1.29, 1.82) is 0 Å². The van der Waals surface area contributed by atoms with Gasteiger partial charge in [0.15, 0.2) is 0 Å². The third-order valence-corrected chi connectivity index (χ3v) is 6.72. The molecule has 3 nitrogen and oxygen atoms in total. The van der Waals surface area contributed by atoms with E-state index in [1.807, 2.05) is 0 Å². The number of aliphatic hydroxyl groups is 1. The predicted octanol–water partition coefficient (Wildman–Crippen LogP) is 2.67. The van der Waals surface area contributed by atoms with Gasteiger partial charge >= 0.3 is 0 Å². The number of morpholine rings is 1. The normalized spacial score (nSPS) is 51.3. The van der Waals surface area contributed by atoms with Crippen molar-refractivity contribution in [3.8, 4) is 0 Å². The van der Waals surface area contributed by atoms with E-state index >= 15 is 0 Å². The van der Waals surface area contributed by atoms with E-state index in [0.717, 1.165) is 37.4 Å². The van der Waals surface area contributed by atoms with Crippen LogP contribution in [0.2, 0.25) is 0 Å². The Hall–Kier alpha value is -0.120. The minimum Gasteiger partial charge on any atom is -0.391 e. The Morgan fingerprint density at radius 2 is 1.48 bits per heavy atom. The zero-order valence-electron chi connectivity index (χ0n) is 13.6. The van der Waals surface area contributed by atoms with Crippen LogP contribution in [0.5, 0.6) is 0 Å². The first-order valence-electron chi connectivity index (χ1n) is 9.08. The highest BCUT2D eigenvalue weighted by Crippen LogP contribution is 2.61. The van der Waals surface area contributed by atoms with Gasteiger partial charge in [-0.05, 0) is 75.5 Å². The molecule has 21 heavy (non-hydrogen) atoms. The number of rotatable bonds is 3. The molecular weight excluding hydrogens is 262 g/mol. The van der Waals surface area contributed by atoms with Gasteiger partial charge in [-0.25, -0.2) is 0 Å². The summed E-state index contributed by atoms with van der Waals surface area (Å²) < 4.78 is 5.82. The summed E-state index contributed by atoms with van der Waals surface area (Å²) >= 11 is 0. The van der Waals surface area contributed by atoms with Crippen LogP contribution in [0.1, 0.15) is 52.4 Å². The summed E-state index contributed by atoms with van der Waals surface area (Å²) in [5.74, 6) is 2.77. The predicted molar refractivity (Wildman–Crippen MR) is 83.1 cm³/mol. The van der Waals surface area contributed by atoms with Crippen LogP contribution in [0.4, 0.5) is 0 Å². The molecule has 0 amide bonds. The fourth-order valence-electron chi connectivity index (χ4n) is 6.46. The van der Waals surface area contributed by atoms with Crippen molar-refractivity contribution in [3.05, 3.63) is 0 Å². The fraction of sp³-hybridized carbons (Fsp3) is 1.00. The monoisotopic (exact) mass is 293 g/mol. The lowest BCUT2D eigenvalue weighted by molar-refractivity contribution is -0.139. The molecule has 1 N–H and O–H groups in total. The molecular formula is C18H31NO2. The quantitative estimate of drug-likeness (QED) is 0.868. The first-order valence-corrected chi connectivity index (χ1v) is 9.08. The number of hydrogen-bond acceptors (Lipinski definition) is 3. The Labute approximate surface area is 129 Å². The van der Waals surface area contributed by atoms with Crippen LogP contribution in [0.25, 0.3) is 0 Å². The lowest BCUT2D eigenvalue weighted by Crippen LogP contribution is -2.56. The average Bonchev–Trinajstić information content (AvgIpc) is 2.35. The van der Waals surface area contributed by atoms with Gasteiger partial charge < -0.3 is 9.84 Å². The number of hydrogen-bond donors (Lipinski definition) is 1. The first-order chi connectivity index (χ1) is 10.0. The smallest absolute Gasteiger partial charge is 0.0723 e. The van der Waals surface area contributed by atoms with Gasteiger partial charge in [-0.2, -0.15) is 0 Å². The van der Waals surface area contributed by atoms with Crippen molar-refractivity contribution in [3.63, 3.8) is 0 Å². The molecule has 4 aliphatic carbocycles. The second-order valence-corrected chi connectivity index (χ2v) is 8.77. The van der Waals surface area contributed by atoms with Gasteiger partial charge in [0, 0.05) is 19.6 Å². The molecule has 1 heterocycles. The molecule has 0 aromatic heterocycles. The molecule has 1 saturated heterocycles. The van der Waals surface area contributed by atoms with Gasteiger partial charge in [-0.1, -0.05) is 0 Å². The third kappa shape index (κ3) is 2.66. The molecule has 120 valence electrons. The van der Waals surface area contributed by atoms with Crippen molar-refractivity contribution in [2.24, 2.45) is 23.2 Å². The first kappa shape index (κ1) is 14.5. The summed E-state index contributed by atoms with van der Waals surface area (Å²) in [5.41, 5.74) is 0.263. The van der Waals surface area contributed by atoms with Gasteiger partial charge in [0.1, 0.15) is 0 Å². The lowest BCUT2D eigenvalue weighted by Gasteiger charge is -2.59. The van der Waals surface area contributed by atoms with Crippen molar-refractivity contribution in [2.75, 3.05) is 19.6 Å². The minimum atomic E-state index is -0.122. The molecule has 0 aromatic carbocycles. The zero-order valence-corrected chi connectivity index (χ0v) is 13.6. The van der Waals surface area contributed by atoms with Crippen molar-refractivity contribution >= 4 is 0 Å². The maximum absolute atomic E-state index is 11.1. The number of ether oxygens (including phenoxy) is 1. The summed E-state index contributed by atoms with van der Waals surface area (Å²) in [6.07, 6.45) is 8.76. The zero-order chi connectivity index (χ0) is 14.6. The van der Waals surface area contributed by atoms with Crippen LogP contribution in [0.15, 0.2) is 0 Å². The SMILES string of the molecule is CC1CN(CC(O)C23CC4CC(CC(C4)C2)C3)CC(C)O1. The van der Waals surface area contributed by atoms with Gasteiger partial charge in [-0.3, -0.25) is 4.90 Å². The summed E-state index contributed by atoms with van der Waals surface area (Å²) in [6, 6.07) is 0. The molecule has 0 spiro atoms. The Bertz CT molecular complexity index is 351. The highest BCUT2D eigenvalue weighted by Gasteiger charge is 2.54. The van der Waals surface area contributed by atoms with Crippen LogP contribution in [0.3, 0.4) is 0 Å². The number of β-amino-alcohol motifs (C(OH)–C–C–N with tert-alkyl or cyclic N) is 1. The van der Waals surface area contributed by atoms with Crippen molar-refractivity contribution in [1.82, 2.24) is 4.90 Å². The summed E-state index contributed by atoms with van der Waals surface area (Å²) in [6.45, 7) is 7.13. The van der Waals surface area contributed by atoms with Crippen molar-refractivity contribution in [2.45, 2.75) is 70.7 Å². The van der Waals surface area contributed by atoms with E-state index in [4.69, 9.17) is 4.74 Å². The second-order valence-electron chi connectivity index (χ2n) is 8.77. The molecule has 4 saturated carbocycles. The van der Waals surface area contributed by atoms with Crippen LogP contribution >= 0.6 is 0 Å². The van der Waals surface area contributed by atoms with E-state index in [1.54, 1.807) is 0 Å². The molecule has 3 atom stereocenters. The molecule has 5 fully saturated rings. The van der Waals surface area contributed by atoms with Gasteiger partial charge in [-0.15, -0.1) is 0 Å². The largest absolute Gasteiger partial charge is 0.391 e. The molecule has 5 aliphatic rings. The Morgan fingerprint density at radius 1 is 1.00 bits per heavy atom. The summed E-state index contributed by atoms with van der Waals surface area (Å²) in [5, 5.41) is 11.1. The molecule has 0 radical (unpaired) electrons. The molecule has 4 bridgehead atoms. The van der Waals surface area contributed by atoms with E-state index in [9.17, 15) is 5.11 Å². The van der Waals surface area contributed by atoms with E-state index in [2.05, 4.69) is 18.7 Å². The van der Waals surface area contributed by atoms with E-state index in [1.165, 1.54) is 38.5 Å². The summed E-state index contributed by atoms with van der Waals surface area (Å²) in [4.78, 5) is 2.45. The van der Waals surface area contributed by atoms with Gasteiger partial charge in [0.2, 0.25) is 0 Å². The van der Waals surface area contributed by atoms with E-state index in [-0.39, 0.29) is 11.5 Å². The number of nitrogens with zero attached hydrogens (tertiary/aromatic N) is 1. The van der Waals surface area contributed by atoms with Gasteiger partial charge in [0.25, 0.3) is 0 Å². The standard InChI is InChI=1S/C18H31NO2/c1-12-9-19(10-13(2)21-12)11-17(20)18-6-14-3-15(7-18)5-16(4-14)8-18/h12-17,20H,3-11H2,1-2H3. The van der Waals surface area contributed by atoms with Crippen LogP contribution in [0, 0.1) is 23.2 Å². The maximum Gasteiger partial charge on any atom is 0.0723 e. The average molecular weight is 293 g/mol. The Balaban J connectivity index is 1.44. The Kier molecular flexibility index (Phi) is 3.59. The third-order valence-electron chi connectivity index (χ3n) is 6.72. The highest BCUT2D eigenvalue weighted by molar-refractivity contribution is 5.04. The molecule has 3 unspecified atom stereocenters. The van der Waals surface area contributed by atoms with Gasteiger partial charge in [0.05, 0.1) is 18.3 Å². The summed E-state index contributed by atoms with van der Waals surface area (Å²) in [7, 11) is 0. The molecule has 0 aromatic rings. The second kappa shape index (κ2) is 5.21. The molecule has 1 aliphatic heterocycles. The Morgan fingerprint density at radius 3 is 1.95 bits per heavy atom. The minimum absolute atomic E-state index is 0.122. The van der Waals surface area contributed by atoms with Crippen LogP contribution < -0.4 is 0 Å².